The molecule has 3 heteroatoms. The van der Waals surface area contributed by atoms with Crippen molar-refractivity contribution in [3.05, 3.63) is 0 Å². The van der Waals surface area contributed by atoms with E-state index >= 15 is 0 Å². The van der Waals surface area contributed by atoms with Gasteiger partial charge in [0.15, 0.2) is 0 Å². The van der Waals surface area contributed by atoms with Gasteiger partial charge in [-0.2, -0.15) is 11.8 Å². The standard InChI is InChI=1S/C7H16N2S/c1-4-6(2)10-5-7(8)9-3/h6H,4-5H2,1-3H3,(H2,8,9). The summed E-state index contributed by atoms with van der Waals surface area (Å²) in [4.78, 5) is 3.87. The van der Waals surface area contributed by atoms with Crippen LogP contribution >= 0.6 is 11.8 Å². The molecule has 0 aromatic rings. The van der Waals surface area contributed by atoms with Crippen LogP contribution in [0.5, 0.6) is 0 Å². The maximum atomic E-state index is 5.51. The lowest BCUT2D eigenvalue weighted by Gasteiger charge is -2.06. The molecule has 0 radical (unpaired) electrons. The minimum atomic E-state index is 0.695. The van der Waals surface area contributed by atoms with Crippen LogP contribution in [0.2, 0.25) is 0 Å². The van der Waals surface area contributed by atoms with Crippen molar-refractivity contribution in [3.63, 3.8) is 0 Å². The van der Waals surface area contributed by atoms with E-state index in [1.54, 1.807) is 7.05 Å². The van der Waals surface area contributed by atoms with Crippen LogP contribution in [-0.2, 0) is 0 Å². The summed E-state index contributed by atoms with van der Waals surface area (Å²) in [6, 6.07) is 0. The molecule has 0 aromatic heterocycles. The van der Waals surface area contributed by atoms with Gasteiger partial charge in [0.05, 0.1) is 5.75 Å². The molecule has 0 spiro atoms. The monoisotopic (exact) mass is 160 g/mol. The molecule has 10 heavy (non-hydrogen) atoms. The molecule has 0 rings (SSSR count). The van der Waals surface area contributed by atoms with E-state index in [0.717, 1.165) is 11.6 Å². The molecule has 0 aromatic carbocycles. The Morgan fingerprint density at radius 3 is 2.70 bits per heavy atom. The van der Waals surface area contributed by atoms with E-state index < -0.39 is 0 Å². The average Bonchev–Trinajstić information content (AvgIpc) is 1.99. The Morgan fingerprint density at radius 2 is 2.30 bits per heavy atom. The quantitative estimate of drug-likeness (QED) is 0.500. The molecule has 60 valence electrons. The summed E-state index contributed by atoms with van der Waals surface area (Å²) >= 11 is 1.85. The predicted octanol–water partition coefficient (Wildman–Crippen LogP) is 1.51. The summed E-state index contributed by atoms with van der Waals surface area (Å²) in [6.07, 6.45) is 1.20. The molecular formula is C7H16N2S. The predicted molar refractivity (Wildman–Crippen MR) is 49.8 cm³/mol. The van der Waals surface area contributed by atoms with E-state index in [9.17, 15) is 0 Å². The van der Waals surface area contributed by atoms with Gasteiger partial charge in [0.25, 0.3) is 0 Å². The average molecular weight is 160 g/mol. The second-order valence-electron chi connectivity index (χ2n) is 2.24. The fourth-order valence-electron chi connectivity index (χ4n) is 0.410. The van der Waals surface area contributed by atoms with E-state index in [0.29, 0.717) is 5.25 Å². The van der Waals surface area contributed by atoms with Gasteiger partial charge in [-0.15, -0.1) is 0 Å². The SMILES string of the molecule is CCC(C)SCC(N)=NC. The first kappa shape index (κ1) is 9.82. The lowest BCUT2D eigenvalue weighted by Crippen LogP contribution is -2.15. The fraction of sp³-hybridized carbons (Fsp3) is 0.857. The Bertz CT molecular complexity index is 112. The minimum Gasteiger partial charge on any atom is -0.387 e. The number of rotatable bonds is 4. The van der Waals surface area contributed by atoms with Gasteiger partial charge in [-0.25, -0.2) is 0 Å². The van der Waals surface area contributed by atoms with E-state index in [1.807, 2.05) is 11.8 Å². The van der Waals surface area contributed by atoms with Crippen LogP contribution in [0.25, 0.3) is 0 Å². The van der Waals surface area contributed by atoms with Crippen LogP contribution in [-0.4, -0.2) is 23.9 Å². The summed E-state index contributed by atoms with van der Waals surface area (Å²) in [5, 5.41) is 0.695. The molecule has 0 heterocycles. The molecule has 0 fully saturated rings. The number of hydrogen-bond donors (Lipinski definition) is 1. The van der Waals surface area contributed by atoms with Crippen molar-refractivity contribution in [2.45, 2.75) is 25.5 Å². The number of aliphatic imine (C=N–C) groups is 1. The van der Waals surface area contributed by atoms with Crippen LogP contribution in [0.1, 0.15) is 20.3 Å². The fourth-order valence-corrected chi connectivity index (χ4v) is 1.23. The van der Waals surface area contributed by atoms with Crippen molar-refractivity contribution in [1.29, 1.82) is 0 Å². The van der Waals surface area contributed by atoms with Crippen LogP contribution in [0.3, 0.4) is 0 Å². The van der Waals surface area contributed by atoms with Crippen molar-refractivity contribution >= 4 is 17.6 Å². The van der Waals surface area contributed by atoms with E-state index in [-0.39, 0.29) is 0 Å². The smallest absolute Gasteiger partial charge is 0.103 e. The normalized spacial score (nSPS) is 15.3. The molecule has 0 amide bonds. The minimum absolute atomic E-state index is 0.695. The van der Waals surface area contributed by atoms with Crippen LogP contribution in [0.4, 0.5) is 0 Å². The van der Waals surface area contributed by atoms with Gasteiger partial charge in [-0.1, -0.05) is 13.8 Å². The lowest BCUT2D eigenvalue weighted by molar-refractivity contribution is 0.908. The second kappa shape index (κ2) is 5.59. The summed E-state index contributed by atoms with van der Waals surface area (Å²) in [5.74, 6) is 1.61. The van der Waals surface area contributed by atoms with Crippen molar-refractivity contribution in [1.82, 2.24) is 0 Å². The molecule has 0 bridgehead atoms. The second-order valence-corrected chi connectivity index (χ2v) is 3.67. The molecule has 1 atom stereocenters. The van der Waals surface area contributed by atoms with Crippen molar-refractivity contribution in [2.24, 2.45) is 10.7 Å². The van der Waals surface area contributed by atoms with Crippen LogP contribution in [0.15, 0.2) is 4.99 Å². The van der Waals surface area contributed by atoms with Gasteiger partial charge in [0.2, 0.25) is 0 Å². The first-order valence-corrected chi connectivity index (χ1v) is 4.58. The largest absolute Gasteiger partial charge is 0.387 e. The molecule has 2 N–H and O–H groups in total. The van der Waals surface area contributed by atoms with E-state index in [2.05, 4.69) is 18.8 Å². The Hall–Kier alpha value is -0.180. The first-order valence-electron chi connectivity index (χ1n) is 3.53. The van der Waals surface area contributed by atoms with Crippen molar-refractivity contribution in [3.8, 4) is 0 Å². The van der Waals surface area contributed by atoms with E-state index in [4.69, 9.17) is 5.73 Å². The molecule has 0 saturated heterocycles. The summed E-state index contributed by atoms with van der Waals surface area (Å²) in [6.45, 7) is 4.38. The highest BCUT2D eigenvalue weighted by atomic mass is 32.2. The zero-order valence-corrected chi connectivity index (χ0v) is 7.74. The summed E-state index contributed by atoms with van der Waals surface area (Å²) in [5.41, 5.74) is 5.51. The number of nitrogens with zero attached hydrogens (tertiary/aromatic N) is 1. The van der Waals surface area contributed by atoms with Crippen LogP contribution in [0, 0.1) is 0 Å². The Balaban J connectivity index is 3.35. The number of amidine groups is 1. The molecular weight excluding hydrogens is 144 g/mol. The highest BCUT2D eigenvalue weighted by molar-refractivity contribution is 8.00. The van der Waals surface area contributed by atoms with Crippen molar-refractivity contribution < 1.29 is 0 Å². The third kappa shape index (κ3) is 4.68. The van der Waals surface area contributed by atoms with Gasteiger partial charge in [-0.05, 0) is 6.42 Å². The number of hydrogen-bond acceptors (Lipinski definition) is 2. The molecule has 0 aliphatic heterocycles. The maximum Gasteiger partial charge on any atom is 0.103 e. The Morgan fingerprint density at radius 1 is 1.70 bits per heavy atom. The first-order chi connectivity index (χ1) is 4.70. The van der Waals surface area contributed by atoms with Gasteiger partial charge in [0, 0.05) is 12.3 Å². The number of nitrogens with two attached hydrogens (primary N) is 1. The van der Waals surface area contributed by atoms with Gasteiger partial charge in [-0.3, -0.25) is 4.99 Å². The highest BCUT2D eigenvalue weighted by Crippen LogP contribution is 2.12. The summed E-state index contributed by atoms with van der Waals surface area (Å²) in [7, 11) is 1.73. The molecule has 0 saturated carbocycles. The van der Waals surface area contributed by atoms with E-state index in [1.165, 1.54) is 6.42 Å². The van der Waals surface area contributed by atoms with Crippen molar-refractivity contribution in [2.75, 3.05) is 12.8 Å². The highest BCUT2D eigenvalue weighted by Gasteiger charge is 1.98. The summed E-state index contributed by atoms with van der Waals surface area (Å²) < 4.78 is 0. The van der Waals surface area contributed by atoms with Gasteiger partial charge in [0.1, 0.15) is 5.84 Å². The third-order valence-corrected chi connectivity index (χ3v) is 2.74. The zero-order chi connectivity index (χ0) is 7.98. The number of thioether (sulfide) groups is 1. The molecule has 1 unspecified atom stereocenters. The molecule has 0 aliphatic carbocycles. The van der Waals surface area contributed by atoms with Gasteiger partial charge >= 0.3 is 0 Å². The topological polar surface area (TPSA) is 38.4 Å². The molecule has 0 aliphatic rings. The zero-order valence-electron chi connectivity index (χ0n) is 6.92. The van der Waals surface area contributed by atoms with Gasteiger partial charge < -0.3 is 5.73 Å². The van der Waals surface area contributed by atoms with Crippen LogP contribution < -0.4 is 5.73 Å². The maximum absolute atomic E-state index is 5.51. The third-order valence-electron chi connectivity index (χ3n) is 1.38. The Kier molecular flexibility index (Phi) is 5.49. The Labute approximate surface area is 67.3 Å². The molecule has 2 nitrogen and oxygen atoms in total. The lowest BCUT2D eigenvalue weighted by atomic mass is 10.4.